The van der Waals surface area contributed by atoms with Crippen molar-refractivity contribution >= 4 is 5.91 Å². The number of amides is 1. The maximum atomic E-state index is 12.7. The molecule has 2 aromatic carbocycles. The number of hydrogen-bond donors (Lipinski definition) is 0. The Bertz CT molecular complexity index is 685. The molecule has 0 radical (unpaired) electrons. The van der Waals surface area contributed by atoms with Gasteiger partial charge in [-0.3, -0.25) is 4.79 Å². The van der Waals surface area contributed by atoms with Gasteiger partial charge in [-0.25, -0.2) is 0 Å². The predicted octanol–water partition coefficient (Wildman–Crippen LogP) is 3.50. The summed E-state index contributed by atoms with van der Waals surface area (Å²) in [5, 5.41) is 0. The summed E-state index contributed by atoms with van der Waals surface area (Å²) >= 11 is 0. The molecule has 0 unspecified atom stereocenters. The number of benzene rings is 2. The lowest BCUT2D eigenvalue weighted by Crippen LogP contribution is -2.30. The van der Waals surface area contributed by atoms with Gasteiger partial charge >= 0.3 is 0 Å². The molecule has 0 spiro atoms. The van der Waals surface area contributed by atoms with Gasteiger partial charge in [0.05, 0.1) is 0 Å². The summed E-state index contributed by atoms with van der Waals surface area (Å²) < 4.78 is 5.83. The number of carbonyl (C=O) groups excluding carboxylic acids is 1. The Morgan fingerprint density at radius 3 is 2.62 bits per heavy atom. The Morgan fingerprint density at radius 1 is 1.12 bits per heavy atom. The van der Waals surface area contributed by atoms with E-state index in [0.717, 1.165) is 31.8 Å². The molecule has 1 heterocycles. The number of ether oxygens (including phenoxy) is 1. The normalized spacial score (nSPS) is 17.3. The quantitative estimate of drug-likeness (QED) is 0.844. The lowest BCUT2D eigenvalue weighted by Gasteiger charge is -2.19. The number of likely N-dealkylation sites (tertiary alicyclic amines) is 1. The highest BCUT2D eigenvalue weighted by Crippen LogP contribution is 2.24. The zero-order valence-electron chi connectivity index (χ0n) is 14.3. The molecule has 0 aliphatic carbocycles. The number of para-hydroxylation sites is 1. The van der Waals surface area contributed by atoms with E-state index in [1.807, 2.05) is 59.5 Å². The molecule has 4 heteroatoms. The highest BCUT2D eigenvalue weighted by molar-refractivity contribution is 5.94. The van der Waals surface area contributed by atoms with Crippen molar-refractivity contribution in [2.45, 2.75) is 6.42 Å². The van der Waals surface area contributed by atoms with E-state index in [9.17, 15) is 4.79 Å². The first-order valence-electron chi connectivity index (χ1n) is 8.39. The van der Waals surface area contributed by atoms with Crippen LogP contribution < -0.4 is 4.74 Å². The lowest BCUT2D eigenvalue weighted by molar-refractivity contribution is 0.0784. The van der Waals surface area contributed by atoms with Crippen LogP contribution in [0.4, 0.5) is 0 Å². The summed E-state index contributed by atoms with van der Waals surface area (Å²) in [5.74, 6) is 2.12. The Kier molecular flexibility index (Phi) is 5.16. The molecule has 2 aromatic rings. The van der Waals surface area contributed by atoms with Gasteiger partial charge in [0.2, 0.25) is 0 Å². The number of carbonyl (C=O) groups is 1. The predicted molar refractivity (Wildman–Crippen MR) is 95.5 cm³/mol. The van der Waals surface area contributed by atoms with Crippen molar-refractivity contribution < 1.29 is 9.53 Å². The van der Waals surface area contributed by atoms with Gasteiger partial charge in [-0.05, 0) is 56.8 Å². The SMILES string of the molecule is CN(C)C[C@@H]1CCN(C(=O)c2cccc(Oc3ccccc3)c2)C1. The zero-order chi connectivity index (χ0) is 16.9. The average Bonchev–Trinajstić information content (AvgIpc) is 3.03. The second kappa shape index (κ2) is 7.49. The van der Waals surface area contributed by atoms with Crippen LogP contribution in [0.15, 0.2) is 54.6 Å². The third-order valence-corrected chi connectivity index (χ3v) is 4.26. The number of rotatable bonds is 5. The number of hydrogen-bond acceptors (Lipinski definition) is 3. The van der Waals surface area contributed by atoms with Crippen LogP contribution in [0.3, 0.4) is 0 Å². The highest BCUT2D eigenvalue weighted by Gasteiger charge is 2.27. The highest BCUT2D eigenvalue weighted by atomic mass is 16.5. The Balaban J connectivity index is 1.66. The van der Waals surface area contributed by atoms with Gasteiger partial charge in [0.1, 0.15) is 11.5 Å². The molecule has 4 nitrogen and oxygen atoms in total. The van der Waals surface area contributed by atoms with E-state index in [2.05, 4.69) is 19.0 Å². The minimum absolute atomic E-state index is 0.0924. The molecule has 1 aliphatic heterocycles. The fourth-order valence-electron chi connectivity index (χ4n) is 3.18. The van der Waals surface area contributed by atoms with E-state index in [1.165, 1.54) is 0 Å². The van der Waals surface area contributed by atoms with Crippen LogP contribution in [-0.4, -0.2) is 49.4 Å². The number of nitrogens with zero attached hydrogens (tertiary/aromatic N) is 2. The van der Waals surface area contributed by atoms with E-state index in [4.69, 9.17) is 4.74 Å². The Labute approximate surface area is 143 Å². The monoisotopic (exact) mass is 324 g/mol. The van der Waals surface area contributed by atoms with Gasteiger partial charge in [0, 0.05) is 25.2 Å². The van der Waals surface area contributed by atoms with Crippen LogP contribution >= 0.6 is 0 Å². The van der Waals surface area contributed by atoms with Crippen LogP contribution in [0.25, 0.3) is 0 Å². The van der Waals surface area contributed by atoms with Crippen molar-refractivity contribution in [3.63, 3.8) is 0 Å². The lowest BCUT2D eigenvalue weighted by atomic mass is 10.1. The van der Waals surface area contributed by atoms with Gasteiger partial charge < -0.3 is 14.5 Å². The molecule has 126 valence electrons. The van der Waals surface area contributed by atoms with E-state index in [0.29, 0.717) is 17.2 Å². The van der Waals surface area contributed by atoms with E-state index >= 15 is 0 Å². The largest absolute Gasteiger partial charge is 0.457 e. The van der Waals surface area contributed by atoms with Crippen LogP contribution in [0.2, 0.25) is 0 Å². The Hall–Kier alpha value is -2.33. The Morgan fingerprint density at radius 2 is 1.88 bits per heavy atom. The maximum absolute atomic E-state index is 12.7. The maximum Gasteiger partial charge on any atom is 0.253 e. The smallest absolute Gasteiger partial charge is 0.253 e. The molecular formula is C20H24N2O2. The summed E-state index contributed by atoms with van der Waals surface area (Å²) in [7, 11) is 4.16. The van der Waals surface area contributed by atoms with Gasteiger partial charge in [-0.1, -0.05) is 24.3 Å². The van der Waals surface area contributed by atoms with Gasteiger partial charge in [-0.2, -0.15) is 0 Å². The van der Waals surface area contributed by atoms with Crippen molar-refractivity contribution in [2.24, 2.45) is 5.92 Å². The first kappa shape index (κ1) is 16.5. The molecule has 1 saturated heterocycles. The fourth-order valence-corrected chi connectivity index (χ4v) is 3.18. The first-order chi connectivity index (χ1) is 11.6. The average molecular weight is 324 g/mol. The summed E-state index contributed by atoms with van der Waals surface area (Å²) in [5.41, 5.74) is 0.689. The van der Waals surface area contributed by atoms with Gasteiger partial charge in [0.25, 0.3) is 5.91 Å². The zero-order valence-corrected chi connectivity index (χ0v) is 14.3. The molecule has 0 bridgehead atoms. The molecule has 0 aromatic heterocycles. The van der Waals surface area contributed by atoms with Gasteiger partial charge in [0.15, 0.2) is 0 Å². The second-order valence-electron chi connectivity index (χ2n) is 6.61. The first-order valence-corrected chi connectivity index (χ1v) is 8.39. The summed E-state index contributed by atoms with van der Waals surface area (Å²) in [6.07, 6.45) is 1.07. The van der Waals surface area contributed by atoms with Crippen LogP contribution in [0, 0.1) is 5.92 Å². The summed E-state index contributed by atoms with van der Waals surface area (Å²) in [6.45, 7) is 2.70. The minimum Gasteiger partial charge on any atom is -0.457 e. The van der Waals surface area contributed by atoms with Crippen LogP contribution in [0.5, 0.6) is 11.5 Å². The minimum atomic E-state index is 0.0924. The second-order valence-corrected chi connectivity index (χ2v) is 6.61. The molecule has 1 aliphatic rings. The van der Waals surface area contributed by atoms with Crippen molar-refractivity contribution in [2.75, 3.05) is 33.7 Å². The van der Waals surface area contributed by atoms with Crippen LogP contribution in [-0.2, 0) is 0 Å². The van der Waals surface area contributed by atoms with Crippen molar-refractivity contribution in [3.05, 3.63) is 60.2 Å². The molecule has 1 fully saturated rings. The molecule has 24 heavy (non-hydrogen) atoms. The standard InChI is InChI=1S/C20H24N2O2/c1-21(2)14-16-11-12-22(15-16)20(23)17-7-6-10-19(13-17)24-18-8-4-3-5-9-18/h3-10,13,16H,11-12,14-15H2,1-2H3/t16-/m0/s1. The van der Waals surface area contributed by atoms with Crippen molar-refractivity contribution in [1.29, 1.82) is 0 Å². The van der Waals surface area contributed by atoms with E-state index in [1.54, 1.807) is 0 Å². The van der Waals surface area contributed by atoms with Crippen LogP contribution in [0.1, 0.15) is 16.8 Å². The van der Waals surface area contributed by atoms with E-state index < -0.39 is 0 Å². The molecule has 1 atom stereocenters. The molecule has 1 amide bonds. The van der Waals surface area contributed by atoms with E-state index in [-0.39, 0.29) is 5.91 Å². The van der Waals surface area contributed by atoms with Gasteiger partial charge in [-0.15, -0.1) is 0 Å². The summed E-state index contributed by atoms with van der Waals surface area (Å²) in [4.78, 5) is 16.9. The van der Waals surface area contributed by atoms with Crippen molar-refractivity contribution in [1.82, 2.24) is 9.80 Å². The third kappa shape index (κ3) is 4.15. The molecule has 0 saturated carbocycles. The summed E-state index contributed by atoms with van der Waals surface area (Å²) in [6, 6.07) is 17.1. The van der Waals surface area contributed by atoms with Crippen molar-refractivity contribution in [3.8, 4) is 11.5 Å². The molecular weight excluding hydrogens is 300 g/mol. The third-order valence-electron chi connectivity index (χ3n) is 4.26. The fraction of sp³-hybridized carbons (Fsp3) is 0.350. The molecule has 0 N–H and O–H groups in total. The molecule has 3 rings (SSSR count). The topological polar surface area (TPSA) is 32.8 Å².